The van der Waals surface area contributed by atoms with Crippen LogP contribution in [0.4, 0.5) is 4.39 Å². The molecule has 90 valence electrons. The maximum absolute atomic E-state index is 12.6. The Labute approximate surface area is 106 Å². The molecule has 0 spiro atoms. The Morgan fingerprint density at radius 1 is 1.59 bits per heavy atom. The summed E-state index contributed by atoms with van der Waals surface area (Å²) in [4.78, 5) is 15.6. The van der Waals surface area contributed by atoms with E-state index in [1.807, 2.05) is 0 Å². The topological polar surface area (TPSA) is 43.6 Å². The maximum atomic E-state index is 12.6. The van der Waals surface area contributed by atoms with Gasteiger partial charge in [0.2, 0.25) is 0 Å². The zero-order chi connectivity index (χ0) is 12.4. The van der Waals surface area contributed by atoms with Crippen molar-refractivity contribution in [1.82, 2.24) is 9.38 Å². The number of ether oxygens (including phenoxy) is 1. The summed E-state index contributed by atoms with van der Waals surface area (Å²) in [5.41, 5.74) is 1.28. The van der Waals surface area contributed by atoms with Gasteiger partial charge in [-0.1, -0.05) is 0 Å². The fourth-order valence-electron chi connectivity index (χ4n) is 1.49. The Morgan fingerprint density at radius 3 is 3.00 bits per heavy atom. The summed E-state index contributed by atoms with van der Waals surface area (Å²) in [6.07, 6.45) is 3.12. The number of pyridine rings is 1. The molecule has 0 saturated carbocycles. The molecule has 0 aromatic carbocycles. The molecular formula is C11H10BrFN2O2. The SMILES string of the molecule is CCOC(=O)c1cn2cc(CF)cc(Br)c2n1. The van der Waals surface area contributed by atoms with E-state index in [2.05, 4.69) is 20.9 Å². The van der Waals surface area contributed by atoms with Crippen molar-refractivity contribution >= 4 is 27.5 Å². The van der Waals surface area contributed by atoms with Crippen LogP contribution < -0.4 is 0 Å². The minimum atomic E-state index is -0.568. The highest BCUT2D eigenvalue weighted by atomic mass is 79.9. The number of fused-ring (bicyclic) bond motifs is 1. The van der Waals surface area contributed by atoms with E-state index in [4.69, 9.17) is 4.74 Å². The van der Waals surface area contributed by atoms with Gasteiger partial charge in [-0.2, -0.15) is 0 Å². The van der Waals surface area contributed by atoms with Crippen molar-refractivity contribution in [1.29, 1.82) is 0 Å². The molecule has 6 heteroatoms. The Kier molecular flexibility index (Phi) is 3.42. The lowest BCUT2D eigenvalue weighted by molar-refractivity contribution is 0.0520. The van der Waals surface area contributed by atoms with Gasteiger partial charge in [0.05, 0.1) is 11.1 Å². The molecule has 0 aliphatic rings. The minimum Gasteiger partial charge on any atom is -0.461 e. The average Bonchev–Trinajstić information content (AvgIpc) is 2.73. The number of carbonyl (C=O) groups is 1. The summed E-state index contributed by atoms with van der Waals surface area (Å²) >= 11 is 3.29. The molecule has 0 atom stereocenters. The molecule has 0 aliphatic carbocycles. The highest BCUT2D eigenvalue weighted by molar-refractivity contribution is 9.10. The molecule has 0 fully saturated rings. The van der Waals surface area contributed by atoms with Crippen molar-refractivity contribution < 1.29 is 13.9 Å². The third kappa shape index (κ3) is 2.31. The van der Waals surface area contributed by atoms with Crippen molar-refractivity contribution in [3.63, 3.8) is 0 Å². The average molecular weight is 301 g/mol. The number of rotatable bonds is 3. The van der Waals surface area contributed by atoms with Gasteiger partial charge in [-0.05, 0) is 28.9 Å². The lowest BCUT2D eigenvalue weighted by Crippen LogP contribution is -2.04. The predicted molar refractivity (Wildman–Crippen MR) is 63.7 cm³/mol. The fourth-order valence-corrected chi connectivity index (χ4v) is 2.08. The second-order valence-electron chi connectivity index (χ2n) is 3.41. The van der Waals surface area contributed by atoms with Crippen LogP contribution in [0.3, 0.4) is 0 Å². The normalized spacial score (nSPS) is 10.8. The molecule has 0 amide bonds. The van der Waals surface area contributed by atoms with Crippen LogP contribution in [0.5, 0.6) is 0 Å². The number of imidazole rings is 1. The van der Waals surface area contributed by atoms with E-state index in [0.717, 1.165) is 0 Å². The van der Waals surface area contributed by atoms with Crippen LogP contribution in [0.2, 0.25) is 0 Å². The summed E-state index contributed by atoms with van der Waals surface area (Å²) in [5.74, 6) is -0.482. The van der Waals surface area contributed by atoms with Gasteiger partial charge < -0.3 is 9.14 Å². The van der Waals surface area contributed by atoms with Gasteiger partial charge in [0.25, 0.3) is 0 Å². The molecule has 4 nitrogen and oxygen atoms in total. The van der Waals surface area contributed by atoms with Crippen molar-refractivity contribution in [2.75, 3.05) is 6.61 Å². The van der Waals surface area contributed by atoms with E-state index in [9.17, 15) is 9.18 Å². The summed E-state index contributed by atoms with van der Waals surface area (Å²) in [7, 11) is 0. The first-order valence-electron chi connectivity index (χ1n) is 5.06. The highest BCUT2D eigenvalue weighted by Gasteiger charge is 2.13. The van der Waals surface area contributed by atoms with Crippen LogP contribution in [0, 0.1) is 0 Å². The number of nitrogens with zero attached hydrogens (tertiary/aromatic N) is 2. The molecule has 0 aliphatic heterocycles. The van der Waals surface area contributed by atoms with Crippen LogP contribution in [-0.4, -0.2) is 22.0 Å². The van der Waals surface area contributed by atoms with Gasteiger partial charge in [0, 0.05) is 18.0 Å². The van der Waals surface area contributed by atoms with Crippen LogP contribution in [0.1, 0.15) is 23.0 Å². The number of esters is 1. The van der Waals surface area contributed by atoms with Crippen molar-refractivity contribution in [2.45, 2.75) is 13.6 Å². The van der Waals surface area contributed by atoms with E-state index in [1.165, 1.54) is 6.20 Å². The first-order valence-corrected chi connectivity index (χ1v) is 5.85. The number of alkyl halides is 1. The van der Waals surface area contributed by atoms with Gasteiger partial charge in [0.1, 0.15) is 6.67 Å². The Hall–Kier alpha value is -1.43. The third-order valence-electron chi connectivity index (χ3n) is 2.20. The van der Waals surface area contributed by atoms with E-state index >= 15 is 0 Å². The summed E-state index contributed by atoms with van der Waals surface area (Å²) < 4.78 is 19.7. The molecule has 17 heavy (non-hydrogen) atoms. The third-order valence-corrected chi connectivity index (χ3v) is 2.79. The second-order valence-corrected chi connectivity index (χ2v) is 4.26. The molecule has 0 bridgehead atoms. The van der Waals surface area contributed by atoms with Crippen LogP contribution in [-0.2, 0) is 11.4 Å². The van der Waals surface area contributed by atoms with E-state index < -0.39 is 12.6 Å². The number of aromatic nitrogens is 2. The van der Waals surface area contributed by atoms with E-state index in [0.29, 0.717) is 22.3 Å². The quantitative estimate of drug-likeness (QED) is 0.819. The summed E-state index contributed by atoms with van der Waals surface area (Å²) in [6, 6.07) is 1.64. The first kappa shape index (κ1) is 12.0. The molecule has 2 aromatic heterocycles. The second kappa shape index (κ2) is 4.83. The van der Waals surface area contributed by atoms with Crippen molar-refractivity contribution in [3.05, 3.63) is 34.2 Å². The van der Waals surface area contributed by atoms with Gasteiger partial charge in [0.15, 0.2) is 11.3 Å². The van der Waals surface area contributed by atoms with Gasteiger partial charge in [-0.15, -0.1) is 0 Å². The highest BCUT2D eigenvalue weighted by Crippen LogP contribution is 2.20. The molecule has 2 heterocycles. The Bertz CT molecular complexity index is 568. The summed E-state index contributed by atoms with van der Waals surface area (Å²) in [5, 5.41) is 0. The lowest BCUT2D eigenvalue weighted by Gasteiger charge is -1.99. The lowest BCUT2D eigenvalue weighted by atomic mass is 10.3. The van der Waals surface area contributed by atoms with Crippen LogP contribution >= 0.6 is 15.9 Å². The van der Waals surface area contributed by atoms with Crippen molar-refractivity contribution in [3.8, 4) is 0 Å². The minimum absolute atomic E-state index is 0.212. The standard InChI is InChI=1S/C11H10BrFN2O2/c1-2-17-11(16)9-6-15-5-7(4-13)3-8(12)10(15)14-9/h3,5-6H,2,4H2,1H3. The van der Waals surface area contributed by atoms with Gasteiger partial charge in [-0.3, -0.25) is 0 Å². The number of hydrogen-bond acceptors (Lipinski definition) is 3. The van der Waals surface area contributed by atoms with Crippen LogP contribution in [0.15, 0.2) is 22.9 Å². The van der Waals surface area contributed by atoms with Crippen LogP contribution in [0.25, 0.3) is 5.65 Å². The van der Waals surface area contributed by atoms with E-state index in [1.54, 1.807) is 23.6 Å². The summed E-state index contributed by atoms with van der Waals surface area (Å²) in [6.45, 7) is 1.45. The Morgan fingerprint density at radius 2 is 2.35 bits per heavy atom. The van der Waals surface area contributed by atoms with Gasteiger partial charge >= 0.3 is 5.97 Å². The largest absolute Gasteiger partial charge is 0.461 e. The molecule has 2 rings (SSSR count). The monoisotopic (exact) mass is 300 g/mol. The number of hydrogen-bond donors (Lipinski definition) is 0. The number of halogens is 2. The Balaban J connectivity index is 2.49. The van der Waals surface area contributed by atoms with E-state index in [-0.39, 0.29) is 5.69 Å². The molecule has 0 N–H and O–H groups in total. The predicted octanol–water partition coefficient (Wildman–Crippen LogP) is 2.74. The van der Waals surface area contributed by atoms with Crippen molar-refractivity contribution in [2.24, 2.45) is 0 Å². The molecular weight excluding hydrogens is 291 g/mol. The fraction of sp³-hybridized carbons (Fsp3) is 0.273. The zero-order valence-electron chi connectivity index (χ0n) is 9.11. The number of carbonyl (C=O) groups excluding carboxylic acids is 1. The smallest absolute Gasteiger partial charge is 0.358 e. The molecule has 0 radical (unpaired) electrons. The molecule has 2 aromatic rings. The first-order chi connectivity index (χ1) is 8.15. The van der Waals surface area contributed by atoms with Gasteiger partial charge in [-0.25, -0.2) is 14.2 Å². The molecule has 0 unspecified atom stereocenters. The zero-order valence-corrected chi connectivity index (χ0v) is 10.7. The maximum Gasteiger partial charge on any atom is 0.358 e. The molecule has 0 saturated heterocycles.